The molecule has 6 nitrogen and oxygen atoms in total. The van der Waals surface area contributed by atoms with E-state index in [2.05, 4.69) is 29.8 Å². The highest BCUT2D eigenvalue weighted by Crippen LogP contribution is 2.29. The van der Waals surface area contributed by atoms with Gasteiger partial charge in [-0.25, -0.2) is 4.79 Å². The van der Waals surface area contributed by atoms with E-state index in [4.69, 9.17) is 4.74 Å². The van der Waals surface area contributed by atoms with Crippen LogP contribution in [0.4, 0.5) is 10.5 Å². The maximum Gasteiger partial charge on any atom is 0.319 e. The summed E-state index contributed by atoms with van der Waals surface area (Å²) < 4.78 is 5.14. The number of carbonyl (C=O) groups excluding carboxylic acids is 2. The molecule has 0 aliphatic carbocycles. The molecule has 146 valence electrons. The van der Waals surface area contributed by atoms with Crippen molar-refractivity contribution in [1.82, 2.24) is 10.6 Å². The molecule has 0 bridgehead atoms. The molecule has 0 saturated carbocycles. The molecule has 3 amide bonds. The van der Waals surface area contributed by atoms with E-state index in [1.54, 1.807) is 38.3 Å². The van der Waals surface area contributed by atoms with Crippen molar-refractivity contribution in [3.63, 3.8) is 0 Å². The van der Waals surface area contributed by atoms with Crippen molar-refractivity contribution in [2.24, 2.45) is 0 Å². The van der Waals surface area contributed by atoms with Gasteiger partial charge in [-0.3, -0.25) is 4.79 Å². The van der Waals surface area contributed by atoms with Crippen molar-refractivity contribution in [3.05, 3.63) is 70.9 Å². The van der Waals surface area contributed by atoms with Crippen LogP contribution in [0.15, 0.2) is 59.8 Å². The molecule has 0 fully saturated rings. The smallest absolute Gasteiger partial charge is 0.319 e. The topological polar surface area (TPSA) is 79.5 Å². The van der Waals surface area contributed by atoms with Gasteiger partial charge in [0, 0.05) is 11.4 Å². The van der Waals surface area contributed by atoms with E-state index in [9.17, 15) is 9.59 Å². The highest BCUT2D eigenvalue weighted by molar-refractivity contribution is 6.06. The van der Waals surface area contributed by atoms with E-state index in [0.717, 1.165) is 5.56 Å². The van der Waals surface area contributed by atoms with Crippen LogP contribution in [0.2, 0.25) is 0 Å². The van der Waals surface area contributed by atoms with Gasteiger partial charge in [0.15, 0.2) is 0 Å². The summed E-state index contributed by atoms with van der Waals surface area (Å²) >= 11 is 0. The summed E-state index contributed by atoms with van der Waals surface area (Å²) in [6, 6.07) is 14.2. The van der Waals surface area contributed by atoms with Gasteiger partial charge in [-0.05, 0) is 48.2 Å². The van der Waals surface area contributed by atoms with E-state index < -0.39 is 6.04 Å². The fraction of sp³-hybridized carbons (Fsp3) is 0.273. The second-order valence-electron chi connectivity index (χ2n) is 7.07. The van der Waals surface area contributed by atoms with Crippen molar-refractivity contribution < 1.29 is 14.3 Å². The molecule has 2 aromatic carbocycles. The van der Waals surface area contributed by atoms with E-state index in [1.807, 2.05) is 24.3 Å². The quantitative estimate of drug-likeness (QED) is 0.732. The zero-order valence-corrected chi connectivity index (χ0v) is 16.5. The number of rotatable bonds is 5. The number of carbonyl (C=O) groups is 2. The number of methoxy groups -OCH3 is 1. The molecule has 6 heteroatoms. The van der Waals surface area contributed by atoms with Crippen LogP contribution in [0.5, 0.6) is 5.75 Å². The van der Waals surface area contributed by atoms with Crippen LogP contribution in [-0.4, -0.2) is 19.0 Å². The molecule has 2 aromatic rings. The Bertz CT molecular complexity index is 900. The Kier molecular flexibility index (Phi) is 5.68. The standard InChI is InChI=1S/C22H25N3O3/c1-13(2)15-5-7-16(8-6-15)20-19(14(3)23-22(27)25-20)21(26)24-17-9-11-18(28-4)12-10-17/h5-13,20H,1-4H3,(H,24,26)(H2,23,25,27). The van der Waals surface area contributed by atoms with E-state index in [0.29, 0.717) is 28.6 Å². The van der Waals surface area contributed by atoms with Crippen LogP contribution in [0.1, 0.15) is 43.9 Å². The van der Waals surface area contributed by atoms with E-state index in [-0.39, 0.29) is 11.9 Å². The number of amides is 3. The lowest BCUT2D eigenvalue weighted by Crippen LogP contribution is -2.45. The van der Waals surface area contributed by atoms with Gasteiger partial charge in [-0.15, -0.1) is 0 Å². The lowest BCUT2D eigenvalue weighted by molar-refractivity contribution is -0.113. The van der Waals surface area contributed by atoms with Gasteiger partial charge < -0.3 is 20.7 Å². The highest BCUT2D eigenvalue weighted by atomic mass is 16.5. The molecule has 1 aliphatic heterocycles. The Hall–Kier alpha value is -3.28. The average Bonchev–Trinajstić information content (AvgIpc) is 2.68. The Labute approximate surface area is 165 Å². The fourth-order valence-corrected chi connectivity index (χ4v) is 3.19. The van der Waals surface area contributed by atoms with Crippen LogP contribution in [0.3, 0.4) is 0 Å². The number of ether oxygens (including phenoxy) is 1. The Morgan fingerprint density at radius 3 is 2.29 bits per heavy atom. The summed E-state index contributed by atoms with van der Waals surface area (Å²) in [5, 5.41) is 8.44. The summed E-state index contributed by atoms with van der Waals surface area (Å²) in [4.78, 5) is 25.0. The van der Waals surface area contributed by atoms with Crippen molar-refractivity contribution in [2.75, 3.05) is 12.4 Å². The third kappa shape index (κ3) is 4.17. The molecule has 1 aliphatic rings. The van der Waals surface area contributed by atoms with Gasteiger partial charge in [0.25, 0.3) is 5.91 Å². The second-order valence-corrected chi connectivity index (χ2v) is 7.07. The molecule has 1 unspecified atom stereocenters. The molecule has 1 atom stereocenters. The first-order chi connectivity index (χ1) is 13.4. The van der Waals surface area contributed by atoms with Gasteiger partial charge in [0.05, 0.1) is 18.7 Å². The van der Waals surface area contributed by atoms with Crippen molar-refractivity contribution in [1.29, 1.82) is 0 Å². The predicted molar refractivity (Wildman–Crippen MR) is 109 cm³/mol. The minimum atomic E-state index is -0.520. The van der Waals surface area contributed by atoms with Crippen LogP contribution < -0.4 is 20.7 Å². The van der Waals surface area contributed by atoms with Crippen LogP contribution >= 0.6 is 0 Å². The molecule has 0 aromatic heterocycles. The van der Waals surface area contributed by atoms with Gasteiger partial charge in [0.1, 0.15) is 5.75 Å². The third-order valence-corrected chi connectivity index (χ3v) is 4.80. The normalized spacial score (nSPS) is 16.5. The summed E-state index contributed by atoms with van der Waals surface area (Å²) in [5.41, 5.74) is 3.73. The monoisotopic (exact) mass is 379 g/mol. The predicted octanol–water partition coefficient (Wildman–Crippen LogP) is 4.09. The summed E-state index contributed by atoms with van der Waals surface area (Å²) in [6.07, 6.45) is 0. The first kappa shape index (κ1) is 19.5. The van der Waals surface area contributed by atoms with Crippen molar-refractivity contribution in [2.45, 2.75) is 32.7 Å². The number of hydrogen-bond donors (Lipinski definition) is 3. The fourth-order valence-electron chi connectivity index (χ4n) is 3.19. The Morgan fingerprint density at radius 1 is 1.07 bits per heavy atom. The number of benzene rings is 2. The molecule has 1 heterocycles. The lowest BCUT2D eigenvalue weighted by atomic mass is 9.92. The number of hydrogen-bond acceptors (Lipinski definition) is 3. The van der Waals surface area contributed by atoms with Gasteiger partial charge >= 0.3 is 6.03 Å². The molecule has 28 heavy (non-hydrogen) atoms. The van der Waals surface area contributed by atoms with Crippen LogP contribution in [0.25, 0.3) is 0 Å². The molecule has 0 spiro atoms. The first-order valence-electron chi connectivity index (χ1n) is 9.22. The van der Waals surface area contributed by atoms with E-state index in [1.165, 1.54) is 5.56 Å². The first-order valence-corrected chi connectivity index (χ1v) is 9.22. The van der Waals surface area contributed by atoms with Gasteiger partial charge in [0.2, 0.25) is 0 Å². The maximum atomic E-state index is 13.0. The second kappa shape index (κ2) is 8.17. The van der Waals surface area contributed by atoms with E-state index >= 15 is 0 Å². The van der Waals surface area contributed by atoms with Crippen molar-refractivity contribution >= 4 is 17.6 Å². The van der Waals surface area contributed by atoms with Crippen molar-refractivity contribution in [3.8, 4) is 5.75 Å². The van der Waals surface area contributed by atoms with Crippen LogP contribution in [0, 0.1) is 0 Å². The van der Waals surface area contributed by atoms with Gasteiger partial charge in [-0.2, -0.15) is 0 Å². The number of nitrogens with one attached hydrogen (secondary N) is 3. The zero-order valence-electron chi connectivity index (χ0n) is 16.5. The minimum absolute atomic E-state index is 0.270. The lowest BCUT2D eigenvalue weighted by Gasteiger charge is -2.29. The zero-order chi connectivity index (χ0) is 20.3. The maximum absolute atomic E-state index is 13.0. The molecule has 0 saturated heterocycles. The van der Waals surface area contributed by atoms with Gasteiger partial charge in [-0.1, -0.05) is 38.1 Å². The molecule has 0 radical (unpaired) electrons. The summed E-state index contributed by atoms with van der Waals surface area (Å²) in [6.45, 7) is 5.98. The largest absolute Gasteiger partial charge is 0.497 e. The molecule has 3 rings (SSSR count). The summed E-state index contributed by atoms with van der Waals surface area (Å²) in [5.74, 6) is 0.850. The number of allylic oxidation sites excluding steroid dienone is 1. The Morgan fingerprint density at radius 2 is 1.71 bits per heavy atom. The highest BCUT2D eigenvalue weighted by Gasteiger charge is 2.31. The SMILES string of the molecule is COc1ccc(NC(=O)C2=C(C)NC(=O)NC2c2ccc(C(C)C)cc2)cc1. The molecular formula is C22H25N3O3. The Balaban J connectivity index is 1.89. The summed E-state index contributed by atoms with van der Waals surface area (Å²) in [7, 11) is 1.59. The molecule has 3 N–H and O–H groups in total. The van der Waals surface area contributed by atoms with Crippen LogP contribution in [-0.2, 0) is 4.79 Å². The molecular weight excluding hydrogens is 354 g/mol. The third-order valence-electron chi connectivity index (χ3n) is 4.80. The number of urea groups is 1. The minimum Gasteiger partial charge on any atom is -0.497 e. The number of anilines is 1. The average molecular weight is 379 g/mol.